The molecule has 4 heteroatoms. The second kappa shape index (κ2) is 4.93. The normalized spacial score (nSPS) is 17.1. The number of rotatable bonds is 4. The summed E-state index contributed by atoms with van der Waals surface area (Å²) in [5, 5.41) is 4.70. The van der Waals surface area contributed by atoms with Gasteiger partial charge in [-0.2, -0.15) is 11.8 Å². The molecule has 0 saturated heterocycles. The van der Waals surface area contributed by atoms with Crippen molar-refractivity contribution in [2.45, 2.75) is 24.0 Å². The number of benzene rings is 1. The van der Waals surface area contributed by atoms with E-state index in [9.17, 15) is 0 Å². The van der Waals surface area contributed by atoms with E-state index in [1.165, 1.54) is 19.3 Å². The van der Waals surface area contributed by atoms with E-state index in [0.29, 0.717) is 4.75 Å². The summed E-state index contributed by atoms with van der Waals surface area (Å²) >= 11 is 1.98. The van der Waals surface area contributed by atoms with Crippen LogP contribution in [0.1, 0.15) is 19.3 Å². The lowest BCUT2D eigenvalue weighted by Gasteiger charge is -2.40. The van der Waals surface area contributed by atoms with E-state index < -0.39 is 0 Å². The summed E-state index contributed by atoms with van der Waals surface area (Å²) in [7, 11) is 0. The van der Waals surface area contributed by atoms with Crippen molar-refractivity contribution >= 4 is 34.0 Å². The molecular weight excluding hydrogens is 254 g/mol. The molecule has 0 spiro atoms. The minimum atomic E-state index is 0.427. The maximum atomic E-state index is 5.98. The summed E-state index contributed by atoms with van der Waals surface area (Å²) in [6, 6.07) is 8.03. The van der Waals surface area contributed by atoms with Gasteiger partial charge < -0.3 is 11.1 Å². The fraction of sp³-hybridized carbons (Fsp3) is 0.400. The maximum Gasteiger partial charge on any atom is 0.0951 e. The van der Waals surface area contributed by atoms with Gasteiger partial charge in [-0.3, -0.25) is 4.98 Å². The molecule has 3 N–H and O–H groups in total. The van der Waals surface area contributed by atoms with Crippen LogP contribution in [0.2, 0.25) is 0 Å². The van der Waals surface area contributed by atoms with Gasteiger partial charge in [0, 0.05) is 28.6 Å². The summed E-state index contributed by atoms with van der Waals surface area (Å²) < 4.78 is 0.427. The van der Waals surface area contributed by atoms with Crippen LogP contribution >= 0.6 is 11.8 Å². The van der Waals surface area contributed by atoms with Crippen LogP contribution in [0.4, 0.5) is 11.4 Å². The highest BCUT2D eigenvalue weighted by atomic mass is 32.2. The molecule has 1 fully saturated rings. The van der Waals surface area contributed by atoms with Gasteiger partial charge in [-0.1, -0.05) is 6.42 Å². The standard InChI is InChI=1S/C15H19N3S/c1-19-15(7-3-8-15)10-18-13-6-5-12(16)14-11(13)4-2-9-17-14/h2,4-6,9,18H,3,7-8,10,16H2,1H3. The van der Waals surface area contributed by atoms with E-state index in [-0.39, 0.29) is 0 Å². The molecule has 3 nitrogen and oxygen atoms in total. The van der Waals surface area contributed by atoms with Gasteiger partial charge in [-0.05, 0) is 43.4 Å². The number of fused-ring (bicyclic) bond motifs is 1. The van der Waals surface area contributed by atoms with Crippen molar-refractivity contribution in [2.24, 2.45) is 0 Å². The van der Waals surface area contributed by atoms with E-state index in [0.717, 1.165) is 28.8 Å². The maximum absolute atomic E-state index is 5.98. The number of hydrogen-bond donors (Lipinski definition) is 2. The van der Waals surface area contributed by atoms with Crippen LogP contribution in [0.3, 0.4) is 0 Å². The number of anilines is 2. The first-order valence-corrected chi connectivity index (χ1v) is 7.89. The number of pyridine rings is 1. The van der Waals surface area contributed by atoms with Crippen LogP contribution in [-0.4, -0.2) is 22.5 Å². The zero-order chi connectivity index (χ0) is 13.3. The molecule has 1 aromatic carbocycles. The molecular formula is C15H19N3S. The Balaban J connectivity index is 1.87. The van der Waals surface area contributed by atoms with E-state index in [1.54, 1.807) is 6.20 Å². The van der Waals surface area contributed by atoms with Crippen molar-refractivity contribution in [3.63, 3.8) is 0 Å². The number of nitrogens with zero attached hydrogens (tertiary/aromatic N) is 1. The van der Waals surface area contributed by atoms with Gasteiger partial charge in [-0.25, -0.2) is 0 Å². The molecule has 19 heavy (non-hydrogen) atoms. The van der Waals surface area contributed by atoms with Gasteiger partial charge in [-0.15, -0.1) is 0 Å². The van der Waals surface area contributed by atoms with E-state index in [4.69, 9.17) is 5.73 Å². The lowest BCUT2D eigenvalue weighted by molar-refractivity contribution is 0.380. The molecule has 0 aliphatic heterocycles. The zero-order valence-corrected chi connectivity index (χ0v) is 12.0. The van der Waals surface area contributed by atoms with Crippen LogP contribution in [0.25, 0.3) is 10.9 Å². The number of nitrogens with one attached hydrogen (secondary N) is 1. The van der Waals surface area contributed by atoms with Crippen molar-refractivity contribution in [1.82, 2.24) is 4.98 Å². The third-order valence-corrected chi connectivity index (χ3v) is 5.52. The lowest BCUT2D eigenvalue weighted by atomic mass is 9.84. The molecule has 1 heterocycles. The van der Waals surface area contributed by atoms with Crippen molar-refractivity contribution in [2.75, 3.05) is 23.9 Å². The smallest absolute Gasteiger partial charge is 0.0951 e. The second-order valence-corrected chi connectivity index (χ2v) is 6.47. The number of nitrogens with two attached hydrogens (primary N) is 1. The third-order valence-electron chi connectivity index (χ3n) is 4.10. The molecule has 100 valence electrons. The van der Waals surface area contributed by atoms with Gasteiger partial charge in [0.25, 0.3) is 0 Å². The highest BCUT2D eigenvalue weighted by Crippen LogP contribution is 2.43. The first-order valence-electron chi connectivity index (χ1n) is 6.66. The Labute approximate surface area is 118 Å². The largest absolute Gasteiger partial charge is 0.397 e. The molecule has 0 atom stereocenters. The summed E-state index contributed by atoms with van der Waals surface area (Å²) in [6.07, 6.45) is 7.98. The summed E-state index contributed by atoms with van der Waals surface area (Å²) in [6.45, 7) is 1.02. The third kappa shape index (κ3) is 2.25. The SMILES string of the molecule is CSC1(CNc2ccc(N)c3ncccc23)CCC1. The molecule has 1 saturated carbocycles. The summed E-state index contributed by atoms with van der Waals surface area (Å²) in [5.41, 5.74) is 8.74. The van der Waals surface area contributed by atoms with Crippen LogP contribution in [-0.2, 0) is 0 Å². The van der Waals surface area contributed by atoms with Crippen molar-refractivity contribution < 1.29 is 0 Å². The number of aromatic nitrogens is 1. The second-order valence-electron chi connectivity index (χ2n) is 5.20. The molecule has 0 radical (unpaired) electrons. The quantitative estimate of drug-likeness (QED) is 0.837. The minimum absolute atomic E-state index is 0.427. The summed E-state index contributed by atoms with van der Waals surface area (Å²) in [5.74, 6) is 0. The predicted octanol–water partition coefficient (Wildman–Crippen LogP) is 3.51. The topological polar surface area (TPSA) is 50.9 Å². The van der Waals surface area contributed by atoms with Gasteiger partial charge >= 0.3 is 0 Å². The highest BCUT2D eigenvalue weighted by Gasteiger charge is 2.35. The number of nitrogen functional groups attached to an aromatic ring is 1. The van der Waals surface area contributed by atoms with Gasteiger partial charge in [0.15, 0.2) is 0 Å². The Morgan fingerprint density at radius 3 is 2.89 bits per heavy atom. The van der Waals surface area contributed by atoms with Gasteiger partial charge in [0.2, 0.25) is 0 Å². The molecule has 0 unspecified atom stereocenters. The van der Waals surface area contributed by atoms with E-state index >= 15 is 0 Å². The van der Waals surface area contributed by atoms with Crippen LogP contribution in [0, 0.1) is 0 Å². The molecule has 1 aromatic heterocycles. The fourth-order valence-electron chi connectivity index (χ4n) is 2.63. The van der Waals surface area contributed by atoms with E-state index in [1.807, 2.05) is 23.9 Å². The van der Waals surface area contributed by atoms with Crippen molar-refractivity contribution in [3.05, 3.63) is 30.5 Å². The fourth-order valence-corrected chi connectivity index (χ4v) is 3.54. The molecule has 1 aliphatic rings. The van der Waals surface area contributed by atoms with Crippen molar-refractivity contribution in [1.29, 1.82) is 0 Å². The first kappa shape index (κ1) is 12.6. The Morgan fingerprint density at radius 1 is 1.37 bits per heavy atom. The zero-order valence-electron chi connectivity index (χ0n) is 11.1. The molecule has 2 aromatic rings. The average Bonchev–Trinajstić information content (AvgIpc) is 2.41. The summed E-state index contributed by atoms with van der Waals surface area (Å²) in [4.78, 5) is 4.37. The highest BCUT2D eigenvalue weighted by molar-refractivity contribution is 8.00. The van der Waals surface area contributed by atoms with Crippen LogP contribution < -0.4 is 11.1 Å². The Morgan fingerprint density at radius 2 is 2.21 bits per heavy atom. The van der Waals surface area contributed by atoms with Crippen molar-refractivity contribution in [3.8, 4) is 0 Å². The first-order chi connectivity index (χ1) is 9.24. The Kier molecular flexibility index (Phi) is 3.27. The Bertz CT molecular complexity index is 587. The molecule has 0 amide bonds. The number of hydrogen-bond acceptors (Lipinski definition) is 4. The monoisotopic (exact) mass is 273 g/mol. The van der Waals surface area contributed by atoms with Crippen LogP contribution in [0.5, 0.6) is 0 Å². The van der Waals surface area contributed by atoms with E-state index in [2.05, 4.69) is 28.7 Å². The van der Waals surface area contributed by atoms with Gasteiger partial charge in [0.1, 0.15) is 0 Å². The number of thioether (sulfide) groups is 1. The molecule has 3 rings (SSSR count). The Hall–Kier alpha value is -1.42. The minimum Gasteiger partial charge on any atom is -0.397 e. The lowest BCUT2D eigenvalue weighted by Crippen LogP contribution is -2.40. The molecule has 0 bridgehead atoms. The van der Waals surface area contributed by atoms with Gasteiger partial charge in [0.05, 0.1) is 11.2 Å². The predicted molar refractivity (Wildman–Crippen MR) is 84.7 cm³/mol. The van der Waals surface area contributed by atoms with Crippen LogP contribution in [0.15, 0.2) is 30.5 Å². The average molecular weight is 273 g/mol. The molecule has 1 aliphatic carbocycles.